The van der Waals surface area contributed by atoms with Crippen LogP contribution in [0.5, 0.6) is 11.5 Å². The number of hydrogen-bond acceptors (Lipinski definition) is 6. The maximum atomic E-state index is 13.3. The molecular weight excluding hydrogens is 637 g/mol. The quantitative estimate of drug-likeness (QED) is 0.0804. The van der Waals surface area contributed by atoms with Gasteiger partial charge in [-0.3, -0.25) is 4.79 Å². The molecule has 4 aromatic rings. The van der Waals surface area contributed by atoms with E-state index in [1.807, 2.05) is 37.3 Å². The number of nitrogens with zero attached hydrogens (tertiary/aromatic N) is 1. The lowest BCUT2D eigenvalue weighted by Crippen LogP contribution is -2.30. The van der Waals surface area contributed by atoms with E-state index in [0.29, 0.717) is 65.4 Å². The number of imidazole rings is 1. The molecule has 0 spiro atoms. The molecule has 0 radical (unpaired) electrons. The second-order valence-electron chi connectivity index (χ2n) is 11.3. The number of amides is 1. The molecule has 250 valence electrons. The van der Waals surface area contributed by atoms with Crippen molar-refractivity contribution in [2.24, 2.45) is 0 Å². The molecule has 10 heteroatoms. The summed E-state index contributed by atoms with van der Waals surface area (Å²) in [7, 11) is 1.64. The van der Waals surface area contributed by atoms with Crippen LogP contribution in [0.4, 0.5) is 0 Å². The standard InChI is InChI=1S/C37H43Cl2N3O5/c1-4-6-19-46-34-18-13-26(21-30(34)37(44)47-20-7-5-2)32(42-36(43)10-8-9-25-11-15-28(45-3)16-12-25)23-35-40-24-33(41-35)29-22-27(38)14-17-31(29)39/h11-18,21-22,24,32H,4-10,19-20,23H2,1-3H3,(H,40,41)(H,42,43). The van der Waals surface area contributed by atoms with Crippen molar-refractivity contribution in [2.75, 3.05) is 20.3 Å². The van der Waals surface area contributed by atoms with Crippen LogP contribution >= 0.6 is 23.2 Å². The number of H-pyrrole nitrogens is 1. The van der Waals surface area contributed by atoms with Crippen molar-refractivity contribution in [1.29, 1.82) is 0 Å². The van der Waals surface area contributed by atoms with Crippen molar-refractivity contribution in [2.45, 2.75) is 71.3 Å². The highest BCUT2D eigenvalue weighted by atomic mass is 35.5. The maximum absolute atomic E-state index is 13.3. The molecule has 8 nitrogen and oxygen atoms in total. The van der Waals surface area contributed by atoms with Gasteiger partial charge in [-0.1, -0.05) is 68.1 Å². The lowest BCUT2D eigenvalue weighted by atomic mass is 9.99. The fraction of sp³-hybridized carbons (Fsp3) is 0.378. The first-order valence-electron chi connectivity index (χ1n) is 16.2. The molecular formula is C37H43Cl2N3O5. The normalized spacial score (nSPS) is 11.6. The molecule has 0 aliphatic heterocycles. The molecule has 0 saturated carbocycles. The van der Waals surface area contributed by atoms with Crippen LogP contribution in [-0.2, 0) is 22.4 Å². The molecule has 1 amide bonds. The number of rotatable bonds is 18. The van der Waals surface area contributed by atoms with Crippen molar-refractivity contribution >= 4 is 35.1 Å². The summed E-state index contributed by atoms with van der Waals surface area (Å²) in [6, 6.07) is 18.0. The van der Waals surface area contributed by atoms with Gasteiger partial charge in [-0.15, -0.1) is 0 Å². The van der Waals surface area contributed by atoms with Crippen LogP contribution < -0.4 is 14.8 Å². The van der Waals surface area contributed by atoms with Crippen LogP contribution in [0.3, 0.4) is 0 Å². The Bertz CT molecular complexity index is 1610. The highest BCUT2D eigenvalue weighted by molar-refractivity contribution is 6.35. The van der Waals surface area contributed by atoms with E-state index in [2.05, 4.69) is 22.2 Å². The van der Waals surface area contributed by atoms with E-state index in [1.165, 1.54) is 0 Å². The molecule has 47 heavy (non-hydrogen) atoms. The number of aryl methyl sites for hydroxylation is 1. The summed E-state index contributed by atoms with van der Waals surface area (Å²) in [5.74, 6) is 1.33. The van der Waals surface area contributed by atoms with E-state index >= 15 is 0 Å². The van der Waals surface area contributed by atoms with Gasteiger partial charge in [0, 0.05) is 23.4 Å². The van der Waals surface area contributed by atoms with Crippen LogP contribution in [0.15, 0.2) is 66.9 Å². The number of hydrogen-bond donors (Lipinski definition) is 2. The molecule has 0 aliphatic carbocycles. The maximum Gasteiger partial charge on any atom is 0.341 e. The van der Waals surface area contributed by atoms with Gasteiger partial charge in [-0.2, -0.15) is 0 Å². The van der Waals surface area contributed by atoms with Crippen LogP contribution in [0.1, 0.15) is 85.7 Å². The van der Waals surface area contributed by atoms with Crippen molar-refractivity contribution < 1.29 is 23.8 Å². The predicted octanol–water partition coefficient (Wildman–Crippen LogP) is 8.95. The van der Waals surface area contributed by atoms with Crippen LogP contribution in [0.2, 0.25) is 10.0 Å². The van der Waals surface area contributed by atoms with Crippen LogP contribution in [0, 0.1) is 0 Å². The Labute approximate surface area is 287 Å². The minimum absolute atomic E-state index is 0.108. The highest BCUT2D eigenvalue weighted by Gasteiger charge is 2.22. The average molecular weight is 681 g/mol. The van der Waals surface area contributed by atoms with Gasteiger partial charge in [-0.05, 0) is 79.3 Å². The van der Waals surface area contributed by atoms with E-state index in [1.54, 1.807) is 43.6 Å². The summed E-state index contributed by atoms with van der Waals surface area (Å²) in [5, 5.41) is 4.28. The summed E-state index contributed by atoms with van der Waals surface area (Å²) >= 11 is 12.7. The molecule has 0 saturated heterocycles. The van der Waals surface area contributed by atoms with Gasteiger partial charge in [0.25, 0.3) is 0 Å². The van der Waals surface area contributed by atoms with Crippen LogP contribution in [-0.4, -0.2) is 42.2 Å². The Kier molecular flexibility index (Phi) is 14.0. The topological polar surface area (TPSA) is 103 Å². The molecule has 1 heterocycles. The smallest absolute Gasteiger partial charge is 0.341 e. The van der Waals surface area contributed by atoms with Gasteiger partial charge in [0.15, 0.2) is 0 Å². The Morgan fingerprint density at radius 2 is 1.70 bits per heavy atom. The number of aromatic nitrogens is 2. The first-order chi connectivity index (χ1) is 22.8. The molecule has 1 atom stereocenters. The summed E-state index contributed by atoms with van der Waals surface area (Å²) in [6.45, 7) is 4.93. The Morgan fingerprint density at radius 1 is 0.936 bits per heavy atom. The first-order valence-corrected chi connectivity index (χ1v) is 16.9. The largest absolute Gasteiger partial charge is 0.497 e. The summed E-state index contributed by atoms with van der Waals surface area (Å²) < 4.78 is 16.8. The zero-order valence-electron chi connectivity index (χ0n) is 27.2. The molecule has 0 fully saturated rings. The zero-order valence-corrected chi connectivity index (χ0v) is 28.8. The van der Waals surface area contributed by atoms with E-state index in [-0.39, 0.29) is 5.91 Å². The molecule has 0 aliphatic rings. The molecule has 1 unspecified atom stereocenters. The number of benzene rings is 3. The number of carbonyl (C=O) groups excluding carboxylic acids is 2. The van der Waals surface area contributed by atoms with Crippen molar-refractivity contribution in [3.8, 4) is 22.8 Å². The third-order valence-electron chi connectivity index (χ3n) is 7.72. The number of methoxy groups -OCH3 is 1. The minimum Gasteiger partial charge on any atom is -0.497 e. The van der Waals surface area contributed by atoms with Gasteiger partial charge >= 0.3 is 5.97 Å². The van der Waals surface area contributed by atoms with Crippen molar-refractivity contribution in [3.63, 3.8) is 0 Å². The second-order valence-corrected chi connectivity index (χ2v) is 12.2. The van der Waals surface area contributed by atoms with Crippen molar-refractivity contribution in [3.05, 3.63) is 99.4 Å². The summed E-state index contributed by atoms with van der Waals surface area (Å²) in [4.78, 5) is 34.5. The average Bonchev–Trinajstić information content (AvgIpc) is 3.54. The molecule has 0 bridgehead atoms. The first kappa shape index (κ1) is 35.8. The number of halogens is 2. The van der Waals surface area contributed by atoms with E-state index in [4.69, 9.17) is 37.4 Å². The lowest BCUT2D eigenvalue weighted by Gasteiger charge is -2.20. The van der Waals surface area contributed by atoms with Gasteiger partial charge < -0.3 is 24.5 Å². The second kappa shape index (κ2) is 18.4. The van der Waals surface area contributed by atoms with Gasteiger partial charge in [0.05, 0.1) is 43.3 Å². The lowest BCUT2D eigenvalue weighted by molar-refractivity contribution is -0.121. The molecule has 1 aromatic heterocycles. The van der Waals surface area contributed by atoms with Gasteiger partial charge in [-0.25, -0.2) is 9.78 Å². The number of ether oxygens (including phenoxy) is 3. The number of unbranched alkanes of at least 4 members (excludes halogenated alkanes) is 2. The molecule has 4 rings (SSSR count). The van der Waals surface area contributed by atoms with Gasteiger partial charge in [0.1, 0.15) is 22.9 Å². The van der Waals surface area contributed by atoms with Gasteiger partial charge in [0.2, 0.25) is 5.91 Å². The number of aromatic amines is 1. The zero-order chi connectivity index (χ0) is 33.6. The Morgan fingerprint density at radius 3 is 2.45 bits per heavy atom. The predicted molar refractivity (Wildman–Crippen MR) is 187 cm³/mol. The number of carbonyl (C=O) groups is 2. The number of esters is 1. The third-order valence-corrected chi connectivity index (χ3v) is 8.29. The monoisotopic (exact) mass is 679 g/mol. The highest BCUT2D eigenvalue weighted by Crippen LogP contribution is 2.31. The third kappa shape index (κ3) is 10.8. The van der Waals surface area contributed by atoms with Crippen molar-refractivity contribution in [1.82, 2.24) is 15.3 Å². The molecule has 2 N–H and O–H groups in total. The minimum atomic E-state index is -0.496. The molecule has 3 aromatic carbocycles. The fourth-order valence-electron chi connectivity index (χ4n) is 5.03. The van der Waals surface area contributed by atoms with E-state index in [0.717, 1.165) is 54.5 Å². The SMILES string of the molecule is CCCCOC(=O)c1cc(C(Cc2ncc(-c3cc(Cl)ccc3Cl)[nH]2)NC(=O)CCCc2ccc(OC)cc2)ccc1OCCCC. The fourth-order valence-corrected chi connectivity index (χ4v) is 5.42. The Hall–Kier alpha value is -4.01. The summed E-state index contributed by atoms with van der Waals surface area (Å²) in [5.41, 5.74) is 3.62. The van der Waals surface area contributed by atoms with E-state index < -0.39 is 12.0 Å². The number of nitrogens with one attached hydrogen (secondary N) is 2. The Balaban J connectivity index is 1.58. The van der Waals surface area contributed by atoms with Crippen LogP contribution in [0.25, 0.3) is 11.3 Å². The summed E-state index contributed by atoms with van der Waals surface area (Å²) in [6.07, 6.45) is 7.28. The van der Waals surface area contributed by atoms with E-state index in [9.17, 15) is 9.59 Å².